The third kappa shape index (κ3) is 5.07. The van der Waals surface area contributed by atoms with E-state index in [0.29, 0.717) is 0 Å². The van der Waals surface area contributed by atoms with Gasteiger partial charge in [0.15, 0.2) is 6.61 Å². The van der Waals surface area contributed by atoms with E-state index in [1.807, 2.05) is 36.1 Å². The molecule has 4 nitrogen and oxygen atoms in total. The van der Waals surface area contributed by atoms with Crippen LogP contribution < -0.4 is 4.74 Å². The topological polar surface area (TPSA) is 32.8 Å². The third-order valence-electron chi connectivity index (χ3n) is 4.64. The highest BCUT2D eigenvalue weighted by atomic mass is 16.5. The summed E-state index contributed by atoms with van der Waals surface area (Å²) in [4.78, 5) is 16.6. The number of carbonyl (C=O) groups is 1. The normalized spacial score (nSPS) is 15.2. The SMILES string of the molecule is Cc1ccc(CN2CCN(C(=O)COc3ccc(C)cc3)CC2)cc1. The Balaban J connectivity index is 1.42. The first kappa shape index (κ1) is 17.5. The van der Waals surface area contributed by atoms with Gasteiger partial charge in [0, 0.05) is 32.7 Å². The van der Waals surface area contributed by atoms with Gasteiger partial charge in [0.25, 0.3) is 5.91 Å². The van der Waals surface area contributed by atoms with Gasteiger partial charge in [0.1, 0.15) is 5.75 Å². The number of rotatable bonds is 5. The van der Waals surface area contributed by atoms with Crippen LogP contribution in [0.5, 0.6) is 5.75 Å². The largest absolute Gasteiger partial charge is 0.484 e. The molecular weight excluding hydrogens is 312 g/mol. The van der Waals surface area contributed by atoms with E-state index in [9.17, 15) is 4.79 Å². The predicted molar refractivity (Wildman–Crippen MR) is 99.7 cm³/mol. The Labute approximate surface area is 150 Å². The lowest BCUT2D eigenvalue weighted by Crippen LogP contribution is -2.49. The van der Waals surface area contributed by atoms with Gasteiger partial charge in [-0.3, -0.25) is 9.69 Å². The number of amides is 1. The van der Waals surface area contributed by atoms with Crippen LogP contribution in [0.25, 0.3) is 0 Å². The van der Waals surface area contributed by atoms with Crippen molar-refractivity contribution < 1.29 is 9.53 Å². The van der Waals surface area contributed by atoms with Crippen LogP contribution in [0.3, 0.4) is 0 Å². The smallest absolute Gasteiger partial charge is 0.260 e. The van der Waals surface area contributed by atoms with Crippen LogP contribution in [0.4, 0.5) is 0 Å². The van der Waals surface area contributed by atoms with Crippen molar-refractivity contribution in [3.8, 4) is 5.75 Å². The molecule has 0 N–H and O–H groups in total. The maximum Gasteiger partial charge on any atom is 0.260 e. The fraction of sp³-hybridized carbons (Fsp3) is 0.381. The van der Waals surface area contributed by atoms with Gasteiger partial charge in [-0.2, -0.15) is 0 Å². The first-order valence-corrected chi connectivity index (χ1v) is 8.85. The summed E-state index contributed by atoms with van der Waals surface area (Å²) in [7, 11) is 0. The minimum absolute atomic E-state index is 0.0653. The van der Waals surface area contributed by atoms with E-state index >= 15 is 0 Å². The predicted octanol–water partition coefficient (Wildman–Crippen LogP) is 3.03. The number of aryl methyl sites for hydroxylation is 2. The first-order chi connectivity index (χ1) is 12.1. The fourth-order valence-electron chi connectivity index (χ4n) is 2.98. The first-order valence-electron chi connectivity index (χ1n) is 8.85. The van der Waals surface area contributed by atoms with Crippen LogP contribution in [0.2, 0.25) is 0 Å². The van der Waals surface area contributed by atoms with Gasteiger partial charge in [0.2, 0.25) is 0 Å². The quantitative estimate of drug-likeness (QED) is 0.840. The molecule has 0 unspecified atom stereocenters. The Hall–Kier alpha value is -2.33. The molecule has 2 aromatic carbocycles. The van der Waals surface area contributed by atoms with Crippen LogP contribution in [-0.2, 0) is 11.3 Å². The second-order valence-corrected chi connectivity index (χ2v) is 6.74. The van der Waals surface area contributed by atoms with Gasteiger partial charge in [-0.05, 0) is 31.5 Å². The molecule has 1 saturated heterocycles. The van der Waals surface area contributed by atoms with Crippen molar-refractivity contribution in [2.24, 2.45) is 0 Å². The molecule has 4 heteroatoms. The molecule has 3 rings (SSSR count). The van der Waals surface area contributed by atoms with E-state index in [1.165, 1.54) is 16.7 Å². The van der Waals surface area contributed by atoms with Crippen molar-refractivity contribution in [3.05, 3.63) is 65.2 Å². The van der Waals surface area contributed by atoms with Gasteiger partial charge < -0.3 is 9.64 Å². The van der Waals surface area contributed by atoms with Crippen LogP contribution in [0.15, 0.2) is 48.5 Å². The number of ether oxygens (including phenoxy) is 1. The Kier molecular flexibility index (Phi) is 5.71. The van der Waals surface area contributed by atoms with Crippen molar-refractivity contribution in [2.75, 3.05) is 32.8 Å². The summed E-state index contributed by atoms with van der Waals surface area (Å²) in [5.74, 6) is 0.813. The van der Waals surface area contributed by atoms with E-state index in [1.54, 1.807) is 0 Å². The number of piperazine rings is 1. The molecule has 0 aromatic heterocycles. The van der Waals surface area contributed by atoms with Crippen molar-refractivity contribution in [1.82, 2.24) is 9.80 Å². The van der Waals surface area contributed by atoms with Crippen LogP contribution in [-0.4, -0.2) is 48.5 Å². The molecule has 1 amide bonds. The van der Waals surface area contributed by atoms with E-state index in [4.69, 9.17) is 4.74 Å². The minimum atomic E-state index is 0.0653. The van der Waals surface area contributed by atoms with Crippen molar-refractivity contribution in [3.63, 3.8) is 0 Å². The maximum atomic E-state index is 12.3. The molecule has 0 radical (unpaired) electrons. The molecule has 0 aliphatic carbocycles. The lowest BCUT2D eigenvalue weighted by Gasteiger charge is -2.34. The molecule has 0 saturated carbocycles. The van der Waals surface area contributed by atoms with Gasteiger partial charge in [-0.25, -0.2) is 0 Å². The average molecular weight is 338 g/mol. The molecule has 0 atom stereocenters. The number of hydrogen-bond donors (Lipinski definition) is 0. The molecule has 25 heavy (non-hydrogen) atoms. The highest BCUT2D eigenvalue weighted by Gasteiger charge is 2.21. The molecule has 2 aromatic rings. The molecule has 1 aliphatic heterocycles. The summed E-state index contributed by atoms with van der Waals surface area (Å²) < 4.78 is 5.60. The van der Waals surface area contributed by atoms with Crippen molar-refractivity contribution in [2.45, 2.75) is 20.4 Å². The Morgan fingerprint density at radius 2 is 1.44 bits per heavy atom. The molecule has 1 aliphatic rings. The zero-order valence-electron chi connectivity index (χ0n) is 15.1. The van der Waals surface area contributed by atoms with E-state index in [-0.39, 0.29) is 12.5 Å². The monoisotopic (exact) mass is 338 g/mol. The highest BCUT2D eigenvalue weighted by molar-refractivity contribution is 5.77. The van der Waals surface area contributed by atoms with E-state index in [0.717, 1.165) is 38.5 Å². The second-order valence-electron chi connectivity index (χ2n) is 6.74. The van der Waals surface area contributed by atoms with Crippen molar-refractivity contribution >= 4 is 5.91 Å². The Morgan fingerprint density at radius 1 is 0.880 bits per heavy atom. The van der Waals surface area contributed by atoms with Crippen LogP contribution >= 0.6 is 0 Å². The summed E-state index contributed by atoms with van der Waals surface area (Å²) in [5.41, 5.74) is 3.80. The average Bonchev–Trinajstić information content (AvgIpc) is 2.63. The number of carbonyl (C=O) groups excluding carboxylic acids is 1. The van der Waals surface area contributed by atoms with Gasteiger partial charge in [-0.1, -0.05) is 47.5 Å². The van der Waals surface area contributed by atoms with Gasteiger partial charge in [0.05, 0.1) is 0 Å². The lowest BCUT2D eigenvalue weighted by molar-refractivity contribution is -0.135. The number of hydrogen-bond acceptors (Lipinski definition) is 3. The molecule has 0 bridgehead atoms. The number of nitrogens with zero attached hydrogens (tertiary/aromatic N) is 2. The maximum absolute atomic E-state index is 12.3. The Morgan fingerprint density at radius 3 is 2.04 bits per heavy atom. The molecular formula is C21H26N2O2. The minimum Gasteiger partial charge on any atom is -0.484 e. The third-order valence-corrected chi connectivity index (χ3v) is 4.64. The highest BCUT2D eigenvalue weighted by Crippen LogP contribution is 2.13. The van der Waals surface area contributed by atoms with E-state index < -0.39 is 0 Å². The standard InChI is InChI=1S/C21H26N2O2/c1-17-3-7-19(8-4-17)15-22-11-13-23(14-12-22)21(24)16-25-20-9-5-18(2)6-10-20/h3-10H,11-16H2,1-2H3. The van der Waals surface area contributed by atoms with Crippen LogP contribution in [0.1, 0.15) is 16.7 Å². The van der Waals surface area contributed by atoms with Crippen LogP contribution in [0, 0.1) is 13.8 Å². The van der Waals surface area contributed by atoms with E-state index in [2.05, 4.69) is 36.1 Å². The van der Waals surface area contributed by atoms with Gasteiger partial charge in [-0.15, -0.1) is 0 Å². The summed E-state index contributed by atoms with van der Waals surface area (Å²) in [5, 5.41) is 0. The summed E-state index contributed by atoms with van der Waals surface area (Å²) >= 11 is 0. The molecule has 132 valence electrons. The lowest BCUT2D eigenvalue weighted by atomic mass is 10.1. The fourth-order valence-corrected chi connectivity index (χ4v) is 2.98. The molecule has 1 heterocycles. The molecule has 1 fully saturated rings. The zero-order chi connectivity index (χ0) is 17.6. The zero-order valence-corrected chi connectivity index (χ0v) is 15.1. The molecule has 0 spiro atoms. The summed E-state index contributed by atoms with van der Waals surface area (Å²) in [6.45, 7) is 8.54. The Bertz CT molecular complexity index is 687. The summed E-state index contributed by atoms with van der Waals surface area (Å²) in [6.07, 6.45) is 0. The summed E-state index contributed by atoms with van der Waals surface area (Å²) in [6, 6.07) is 16.5. The second kappa shape index (κ2) is 8.17. The number of benzene rings is 2. The van der Waals surface area contributed by atoms with Crippen molar-refractivity contribution in [1.29, 1.82) is 0 Å². The van der Waals surface area contributed by atoms with Gasteiger partial charge >= 0.3 is 0 Å².